The van der Waals surface area contributed by atoms with E-state index in [1.165, 1.54) is 24.2 Å². The molecule has 4 rings (SSSR count). The van der Waals surface area contributed by atoms with Crippen LogP contribution in [0.25, 0.3) is 10.8 Å². The van der Waals surface area contributed by atoms with Crippen molar-refractivity contribution >= 4 is 30.8 Å². The molecule has 9 heteroatoms. The van der Waals surface area contributed by atoms with Crippen LogP contribution < -0.4 is 0 Å². The molecule has 1 aliphatic rings. The fraction of sp³-hybridized carbons (Fsp3) is 0.316. The van der Waals surface area contributed by atoms with Crippen LogP contribution in [0.15, 0.2) is 52.3 Å². The Labute approximate surface area is 164 Å². The second kappa shape index (κ2) is 6.68. The van der Waals surface area contributed by atoms with Crippen molar-refractivity contribution in [2.45, 2.75) is 36.5 Å². The van der Waals surface area contributed by atoms with Gasteiger partial charge in [0.05, 0.1) is 16.3 Å². The Morgan fingerprint density at radius 2 is 1.50 bits per heavy atom. The molecule has 1 aromatic heterocycles. The van der Waals surface area contributed by atoms with Crippen LogP contribution in [-0.2, 0) is 20.0 Å². The van der Waals surface area contributed by atoms with Gasteiger partial charge in [-0.3, -0.25) is 0 Å². The van der Waals surface area contributed by atoms with Crippen molar-refractivity contribution < 1.29 is 16.8 Å². The third-order valence-corrected chi connectivity index (χ3v) is 8.91. The molecule has 1 aliphatic heterocycles. The highest BCUT2D eigenvalue weighted by molar-refractivity contribution is 7.90. The Bertz CT molecular complexity index is 1270. The minimum Gasteiger partial charge on any atom is -0.207 e. The molecule has 0 saturated carbocycles. The summed E-state index contributed by atoms with van der Waals surface area (Å²) in [5.41, 5.74) is 0.298. The van der Waals surface area contributed by atoms with Crippen molar-refractivity contribution in [1.82, 2.24) is 13.5 Å². The van der Waals surface area contributed by atoms with E-state index in [0.717, 1.165) is 27.7 Å². The maximum Gasteiger partial charge on any atom is 0.283 e. The third-order valence-electron chi connectivity index (χ3n) is 5.09. The van der Waals surface area contributed by atoms with E-state index in [1.54, 1.807) is 12.1 Å². The number of rotatable bonds is 4. The van der Waals surface area contributed by atoms with E-state index in [2.05, 4.69) is 5.10 Å². The molecular formula is C19H21N3O4S2. The van der Waals surface area contributed by atoms with E-state index >= 15 is 0 Å². The van der Waals surface area contributed by atoms with Crippen molar-refractivity contribution in [1.29, 1.82) is 0 Å². The summed E-state index contributed by atoms with van der Waals surface area (Å²) in [5.74, 6) is 0. The molecule has 7 nitrogen and oxygen atoms in total. The quantitative estimate of drug-likeness (QED) is 0.649. The van der Waals surface area contributed by atoms with Crippen molar-refractivity contribution in [3.05, 3.63) is 53.9 Å². The standard InChI is InChI=1S/C19H21N3O4S2/c1-14-19(28(25,26)21-11-5-6-12-21)15(2)22(20-14)27(23,24)18-10-9-16-7-3-4-8-17(16)13-18/h3-4,7-10,13H,5-6,11-12H2,1-2H3. The molecule has 0 atom stereocenters. The Kier molecular flexibility index (Phi) is 4.56. The Morgan fingerprint density at radius 1 is 0.857 bits per heavy atom. The maximum atomic E-state index is 13.2. The first-order chi connectivity index (χ1) is 13.2. The number of hydrogen-bond acceptors (Lipinski definition) is 5. The van der Waals surface area contributed by atoms with E-state index < -0.39 is 20.0 Å². The average Bonchev–Trinajstić information content (AvgIpc) is 3.30. The highest BCUT2D eigenvalue weighted by Gasteiger charge is 2.35. The fourth-order valence-electron chi connectivity index (χ4n) is 3.70. The molecule has 148 valence electrons. The Morgan fingerprint density at radius 3 is 2.18 bits per heavy atom. The van der Waals surface area contributed by atoms with Crippen molar-refractivity contribution in [2.24, 2.45) is 0 Å². The van der Waals surface area contributed by atoms with Gasteiger partial charge in [-0.05, 0) is 49.6 Å². The molecule has 0 spiro atoms. The Balaban J connectivity index is 1.84. The monoisotopic (exact) mass is 419 g/mol. The summed E-state index contributed by atoms with van der Waals surface area (Å²) in [4.78, 5) is 0.0562. The molecule has 28 heavy (non-hydrogen) atoms. The topological polar surface area (TPSA) is 89.3 Å². The minimum atomic E-state index is -4.02. The molecule has 3 aromatic rings. The molecule has 0 N–H and O–H groups in total. The van der Waals surface area contributed by atoms with Gasteiger partial charge >= 0.3 is 0 Å². The van der Waals surface area contributed by atoms with Gasteiger partial charge < -0.3 is 0 Å². The number of aryl methyl sites for hydroxylation is 1. The zero-order chi connectivity index (χ0) is 20.1. The number of benzene rings is 2. The van der Waals surface area contributed by atoms with E-state index in [9.17, 15) is 16.8 Å². The first-order valence-electron chi connectivity index (χ1n) is 9.04. The lowest BCUT2D eigenvalue weighted by molar-refractivity contribution is 0.476. The van der Waals surface area contributed by atoms with Gasteiger partial charge in [0, 0.05) is 13.1 Å². The third kappa shape index (κ3) is 2.94. The molecule has 2 aromatic carbocycles. The first-order valence-corrected chi connectivity index (χ1v) is 11.9. The van der Waals surface area contributed by atoms with Crippen molar-refractivity contribution in [2.75, 3.05) is 13.1 Å². The second-order valence-corrected chi connectivity index (χ2v) is 10.6. The van der Waals surface area contributed by atoms with E-state index in [0.29, 0.717) is 13.1 Å². The maximum absolute atomic E-state index is 13.2. The van der Waals surface area contributed by atoms with Crippen LogP contribution in [-0.4, -0.2) is 43.4 Å². The molecule has 0 amide bonds. The van der Waals surface area contributed by atoms with Gasteiger partial charge in [0.15, 0.2) is 0 Å². The average molecular weight is 420 g/mol. The van der Waals surface area contributed by atoms with Gasteiger partial charge in [0.25, 0.3) is 10.0 Å². The second-order valence-electron chi connectivity index (χ2n) is 6.97. The number of fused-ring (bicyclic) bond motifs is 1. The van der Waals surface area contributed by atoms with Gasteiger partial charge in [-0.25, -0.2) is 8.42 Å². The zero-order valence-electron chi connectivity index (χ0n) is 15.7. The van der Waals surface area contributed by atoms with Gasteiger partial charge in [-0.2, -0.15) is 21.9 Å². The molecule has 1 saturated heterocycles. The zero-order valence-corrected chi connectivity index (χ0v) is 17.3. The summed E-state index contributed by atoms with van der Waals surface area (Å²) in [6.07, 6.45) is 1.61. The molecule has 0 aliphatic carbocycles. The molecule has 0 radical (unpaired) electrons. The lowest BCUT2D eigenvalue weighted by atomic mass is 10.1. The van der Waals surface area contributed by atoms with E-state index in [1.807, 2.05) is 24.3 Å². The molecule has 1 fully saturated rings. The van der Waals surface area contributed by atoms with Gasteiger partial charge in [0.1, 0.15) is 4.90 Å². The number of nitrogens with zero attached hydrogens (tertiary/aromatic N) is 3. The molecule has 2 heterocycles. The minimum absolute atomic E-state index is 0.0150. The molecular weight excluding hydrogens is 398 g/mol. The van der Waals surface area contributed by atoms with Crippen LogP contribution >= 0.6 is 0 Å². The predicted octanol–water partition coefficient (Wildman–Crippen LogP) is 2.67. The summed E-state index contributed by atoms with van der Waals surface area (Å²) in [5, 5.41) is 5.81. The van der Waals surface area contributed by atoms with Gasteiger partial charge in [-0.15, -0.1) is 0 Å². The van der Waals surface area contributed by atoms with Crippen molar-refractivity contribution in [3.63, 3.8) is 0 Å². The summed E-state index contributed by atoms with van der Waals surface area (Å²) in [7, 11) is -7.79. The van der Waals surface area contributed by atoms with Crippen LogP contribution in [0.1, 0.15) is 24.2 Å². The van der Waals surface area contributed by atoms with Gasteiger partial charge in [0.2, 0.25) is 10.0 Å². The highest BCUT2D eigenvalue weighted by Crippen LogP contribution is 2.29. The van der Waals surface area contributed by atoms with Crippen molar-refractivity contribution in [3.8, 4) is 0 Å². The summed E-state index contributed by atoms with van der Waals surface area (Å²) >= 11 is 0. The fourth-order valence-corrected chi connectivity index (χ4v) is 7.02. The van der Waals surface area contributed by atoms with Crippen LogP contribution in [0.3, 0.4) is 0 Å². The van der Waals surface area contributed by atoms with E-state index in [4.69, 9.17) is 0 Å². The van der Waals surface area contributed by atoms with Crippen LogP contribution in [0.2, 0.25) is 0 Å². The number of sulfonamides is 1. The highest BCUT2D eigenvalue weighted by atomic mass is 32.2. The molecule has 0 bridgehead atoms. The summed E-state index contributed by atoms with van der Waals surface area (Å²) < 4.78 is 54.7. The van der Waals surface area contributed by atoms with Gasteiger partial charge in [-0.1, -0.05) is 30.3 Å². The van der Waals surface area contributed by atoms with Crippen LogP contribution in [0.4, 0.5) is 0 Å². The SMILES string of the molecule is Cc1nn(S(=O)(=O)c2ccc3ccccc3c2)c(C)c1S(=O)(=O)N1CCCC1. The van der Waals surface area contributed by atoms with Crippen LogP contribution in [0, 0.1) is 13.8 Å². The smallest absolute Gasteiger partial charge is 0.207 e. The lowest BCUT2D eigenvalue weighted by Gasteiger charge is -2.15. The van der Waals surface area contributed by atoms with Crippen LogP contribution in [0.5, 0.6) is 0 Å². The number of hydrogen-bond donors (Lipinski definition) is 0. The predicted molar refractivity (Wildman–Crippen MR) is 106 cm³/mol. The first kappa shape index (κ1) is 19.1. The number of aromatic nitrogens is 2. The Hall–Kier alpha value is -2.23. The largest absolute Gasteiger partial charge is 0.283 e. The lowest BCUT2D eigenvalue weighted by Crippen LogP contribution is -2.29. The summed E-state index contributed by atoms with van der Waals surface area (Å²) in [6.45, 7) is 3.91. The summed E-state index contributed by atoms with van der Waals surface area (Å²) in [6, 6.07) is 12.3. The normalized spacial score (nSPS) is 16.1. The molecule has 0 unspecified atom stereocenters. The van der Waals surface area contributed by atoms with E-state index in [-0.39, 0.29) is 21.2 Å².